The highest BCUT2D eigenvalue weighted by Crippen LogP contribution is 2.21. The van der Waals surface area contributed by atoms with Crippen LogP contribution >= 0.6 is 0 Å². The van der Waals surface area contributed by atoms with Gasteiger partial charge in [-0.3, -0.25) is 19.3 Å². The Morgan fingerprint density at radius 2 is 1.94 bits per heavy atom. The number of hydrogen-bond donors (Lipinski definition) is 4. The maximum Gasteiger partial charge on any atom is 0.325 e. The van der Waals surface area contributed by atoms with Crippen molar-refractivity contribution in [2.24, 2.45) is 0 Å². The molecule has 4 rings (SSSR count). The maximum atomic E-state index is 12.8. The van der Waals surface area contributed by atoms with Crippen LogP contribution in [0.25, 0.3) is 5.69 Å². The Bertz CT molecular complexity index is 1430. The molecule has 0 aliphatic carbocycles. The first-order valence-corrected chi connectivity index (χ1v) is 11.2. The summed E-state index contributed by atoms with van der Waals surface area (Å²) in [6.45, 7) is 2.95. The molecule has 0 atom stereocenters. The molecule has 1 saturated heterocycles. The first-order chi connectivity index (χ1) is 15.7. The number of carbonyl (C=O) groups excluding carboxylic acids is 1. The molecule has 33 heavy (non-hydrogen) atoms. The van der Waals surface area contributed by atoms with Crippen LogP contribution in [0.3, 0.4) is 0 Å². The van der Waals surface area contributed by atoms with E-state index in [0.717, 1.165) is 0 Å². The molecule has 0 radical (unpaired) electrons. The lowest BCUT2D eigenvalue weighted by Gasteiger charge is -2.26. The molecule has 3 aromatic rings. The van der Waals surface area contributed by atoms with Crippen LogP contribution in [0.4, 0.5) is 11.5 Å². The van der Waals surface area contributed by atoms with Crippen molar-refractivity contribution in [1.82, 2.24) is 29.9 Å². The molecule has 0 spiro atoms. The van der Waals surface area contributed by atoms with Crippen molar-refractivity contribution < 1.29 is 17.9 Å². The van der Waals surface area contributed by atoms with E-state index in [9.17, 15) is 22.8 Å². The van der Waals surface area contributed by atoms with E-state index in [1.807, 2.05) is 4.98 Å². The van der Waals surface area contributed by atoms with Crippen molar-refractivity contribution in [2.45, 2.75) is 11.8 Å². The molecule has 3 heterocycles. The number of rotatable bonds is 5. The molecule has 1 fully saturated rings. The SMILES string of the molecule is Cc1[nH]c(=O)[nH]c(=O)c1S(=O)(=O)Nc1cccc(-n2nnc(C(=O)N3CCOCC3)c2N)c1. The number of nitrogens with two attached hydrogens (primary N) is 1. The van der Waals surface area contributed by atoms with E-state index in [-0.39, 0.29) is 28.8 Å². The standard InChI is InChI=1S/C18H20N8O6S/c1-10-14(16(27)21-18(29)20-10)33(30,31)23-11-3-2-4-12(9-11)26-15(19)13(22-24-26)17(28)25-5-7-32-8-6-25/h2-4,9,23H,5-8,19H2,1H3,(H2,20,21,27,29). The molecule has 1 aromatic carbocycles. The molecular weight excluding hydrogens is 456 g/mol. The summed E-state index contributed by atoms with van der Waals surface area (Å²) in [5.74, 6) is -0.397. The Kier molecular flexibility index (Phi) is 5.73. The monoisotopic (exact) mass is 476 g/mol. The van der Waals surface area contributed by atoms with Crippen LogP contribution in [0, 0.1) is 6.92 Å². The summed E-state index contributed by atoms with van der Waals surface area (Å²) in [5, 5.41) is 7.82. The molecule has 15 heteroatoms. The fourth-order valence-electron chi connectivity index (χ4n) is 3.37. The van der Waals surface area contributed by atoms with Gasteiger partial charge in [-0.15, -0.1) is 5.10 Å². The average molecular weight is 476 g/mol. The predicted molar refractivity (Wildman–Crippen MR) is 116 cm³/mol. The van der Waals surface area contributed by atoms with Crippen molar-refractivity contribution in [3.05, 3.63) is 56.5 Å². The first kappa shape index (κ1) is 22.2. The topological polar surface area (TPSA) is 198 Å². The number of aromatic nitrogens is 5. The van der Waals surface area contributed by atoms with Gasteiger partial charge in [-0.25, -0.2) is 13.2 Å². The van der Waals surface area contributed by atoms with E-state index >= 15 is 0 Å². The van der Waals surface area contributed by atoms with Crippen LogP contribution in [0.2, 0.25) is 0 Å². The highest BCUT2D eigenvalue weighted by Gasteiger charge is 2.26. The minimum absolute atomic E-state index is 0.0144. The third-order valence-corrected chi connectivity index (χ3v) is 6.43. The summed E-state index contributed by atoms with van der Waals surface area (Å²) in [7, 11) is -4.34. The largest absolute Gasteiger partial charge is 0.382 e. The smallest absolute Gasteiger partial charge is 0.325 e. The van der Waals surface area contributed by atoms with E-state index in [4.69, 9.17) is 10.5 Å². The molecule has 174 valence electrons. The number of nitrogens with one attached hydrogen (secondary N) is 3. The molecule has 1 amide bonds. The number of ether oxygens (including phenoxy) is 1. The minimum atomic E-state index is -4.34. The first-order valence-electron chi connectivity index (χ1n) is 9.72. The Morgan fingerprint density at radius 1 is 1.21 bits per heavy atom. The van der Waals surface area contributed by atoms with Crippen LogP contribution in [0.5, 0.6) is 0 Å². The van der Waals surface area contributed by atoms with Crippen molar-refractivity contribution in [2.75, 3.05) is 36.8 Å². The molecule has 14 nitrogen and oxygen atoms in total. The van der Waals surface area contributed by atoms with Gasteiger partial charge in [-0.2, -0.15) is 4.68 Å². The van der Waals surface area contributed by atoms with Crippen LogP contribution in [0.15, 0.2) is 38.8 Å². The second kappa shape index (κ2) is 8.51. The number of H-pyrrole nitrogens is 2. The summed E-state index contributed by atoms with van der Waals surface area (Å²) in [4.78, 5) is 41.2. The molecule has 0 saturated carbocycles. The van der Waals surface area contributed by atoms with Gasteiger partial charge in [0.15, 0.2) is 16.4 Å². The number of amides is 1. The lowest BCUT2D eigenvalue weighted by atomic mass is 10.3. The van der Waals surface area contributed by atoms with Crippen molar-refractivity contribution in [3.63, 3.8) is 0 Å². The number of morpholine rings is 1. The number of benzene rings is 1. The lowest BCUT2D eigenvalue weighted by molar-refractivity contribution is 0.0299. The van der Waals surface area contributed by atoms with E-state index < -0.39 is 26.2 Å². The predicted octanol–water partition coefficient (Wildman–Crippen LogP) is -1.19. The molecule has 1 aliphatic rings. The van der Waals surface area contributed by atoms with E-state index in [1.54, 1.807) is 11.0 Å². The second-order valence-corrected chi connectivity index (χ2v) is 8.78. The number of anilines is 2. The summed E-state index contributed by atoms with van der Waals surface area (Å²) in [5.41, 5.74) is 4.52. The zero-order valence-electron chi connectivity index (χ0n) is 17.4. The summed E-state index contributed by atoms with van der Waals surface area (Å²) in [6.07, 6.45) is 0. The van der Waals surface area contributed by atoms with E-state index in [0.29, 0.717) is 32.0 Å². The molecule has 0 unspecified atom stereocenters. The third kappa shape index (κ3) is 4.35. The highest BCUT2D eigenvalue weighted by atomic mass is 32.2. The van der Waals surface area contributed by atoms with Gasteiger partial charge in [0.1, 0.15) is 0 Å². The van der Waals surface area contributed by atoms with Crippen molar-refractivity contribution in [1.29, 1.82) is 0 Å². The molecule has 0 bridgehead atoms. The average Bonchev–Trinajstić information content (AvgIpc) is 3.14. The van der Waals surface area contributed by atoms with Crippen LogP contribution < -0.4 is 21.7 Å². The number of sulfonamides is 1. The lowest BCUT2D eigenvalue weighted by Crippen LogP contribution is -2.41. The third-order valence-electron chi connectivity index (χ3n) is 4.89. The Balaban J connectivity index is 1.63. The number of aryl methyl sites for hydroxylation is 1. The van der Waals surface area contributed by atoms with E-state index in [2.05, 4.69) is 20.0 Å². The molecular formula is C18H20N8O6S. The highest BCUT2D eigenvalue weighted by molar-refractivity contribution is 7.92. The number of carbonyl (C=O) groups is 1. The van der Waals surface area contributed by atoms with Crippen molar-refractivity contribution >= 4 is 27.4 Å². The number of aromatic amines is 2. The maximum absolute atomic E-state index is 12.8. The summed E-state index contributed by atoms with van der Waals surface area (Å²) < 4.78 is 34.2. The van der Waals surface area contributed by atoms with Gasteiger partial charge in [0.25, 0.3) is 21.5 Å². The van der Waals surface area contributed by atoms with Gasteiger partial charge < -0.3 is 20.4 Å². The van der Waals surface area contributed by atoms with Gasteiger partial charge in [0, 0.05) is 18.8 Å². The second-order valence-electron chi connectivity index (χ2n) is 7.16. The van der Waals surface area contributed by atoms with Gasteiger partial charge in [-0.1, -0.05) is 11.3 Å². The number of nitrogen functional groups attached to an aromatic ring is 1. The minimum Gasteiger partial charge on any atom is -0.382 e. The fourth-order valence-corrected chi connectivity index (χ4v) is 4.66. The quantitative estimate of drug-likeness (QED) is 0.349. The number of hydrogen-bond acceptors (Lipinski definition) is 9. The van der Waals surface area contributed by atoms with Gasteiger partial charge in [0.05, 0.1) is 24.6 Å². The summed E-state index contributed by atoms with van der Waals surface area (Å²) in [6, 6.07) is 5.97. The van der Waals surface area contributed by atoms with Gasteiger partial charge in [0.2, 0.25) is 0 Å². The number of nitrogens with zero attached hydrogens (tertiary/aromatic N) is 4. The Morgan fingerprint density at radius 3 is 2.64 bits per heavy atom. The van der Waals surface area contributed by atoms with Crippen LogP contribution in [0.1, 0.15) is 16.2 Å². The van der Waals surface area contributed by atoms with Gasteiger partial charge >= 0.3 is 5.69 Å². The molecule has 2 aromatic heterocycles. The Hall–Kier alpha value is -3.98. The normalized spacial score (nSPS) is 14.3. The molecule has 1 aliphatic heterocycles. The zero-order chi connectivity index (χ0) is 23.8. The summed E-state index contributed by atoms with van der Waals surface area (Å²) >= 11 is 0. The fraction of sp³-hybridized carbons (Fsp3) is 0.278. The van der Waals surface area contributed by atoms with E-state index in [1.165, 1.54) is 29.8 Å². The van der Waals surface area contributed by atoms with Crippen LogP contribution in [-0.4, -0.2) is 70.5 Å². The Labute approximate surface area is 186 Å². The molecule has 5 N–H and O–H groups in total. The zero-order valence-corrected chi connectivity index (χ0v) is 18.2. The van der Waals surface area contributed by atoms with Gasteiger partial charge in [-0.05, 0) is 25.1 Å². The van der Waals surface area contributed by atoms with Crippen molar-refractivity contribution in [3.8, 4) is 5.69 Å². The van der Waals surface area contributed by atoms with Crippen LogP contribution in [-0.2, 0) is 14.8 Å².